The van der Waals surface area contributed by atoms with Crippen LogP contribution in [0.2, 0.25) is 18.1 Å². The summed E-state index contributed by atoms with van der Waals surface area (Å²) in [6.07, 6.45) is 4.11. The van der Waals surface area contributed by atoms with E-state index in [-0.39, 0.29) is 16.7 Å². The molecule has 116 valence electrons. The largest absolute Gasteiger partial charge is 0.402 e. The second kappa shape index (κ2) is 5.07. The third-order valence-corrected chi connectivity index (χ3v) is 9.95. The predicted molar refractivity (Wildman–Crippen MR) is 85.2 cm³/mol. The lowest BCUT2D eigenvalue weighted by atomic mass is 9.75. The Morgan fingerprint density at radius 1 is 1.35 bits per heavy atom. The monoisotopic (exact) mass is 298 g/mol. The maximum Gasteiger partial charge on any atom is 0.193 e. The number of hydrogen-bond donors (Lipinski definition) is 1. The Labute approximate surface area is 124 Å². The minimum atomic E-state index is -2.16. The Hall–Kier alpha value is -0.453. The molecule has 3 atom stereocenters. The number of aliphatic hydroxyl groups is 1. The fraction of sp³-hybridized carbons (Fsp3) is 0.812. The van der Waals surface area contributed by atoms with Gasteiger partial charge in [-0.2, -0.15) is 0 Å². The van der Waals surface area contributed by atoms with Crippen LogP contribution in [0.15, 0.2) is 12.2 Å². The molecule has 1 aliphatic carbocycles. The molecule has 0 amide bonds. The fourth-order valence-electron chi connectivity index (χ4n) is 2.30. The molecule has 0 spiro atoms. The smallest absolute Gasteiger partial charge is 0.193 e. The zero-order chi connectivity index (χ0) is 16.0. The first-order valence-corrected chi connectivity index (χ1v) is 10.3. The maximum absolute atomic E-state index is 12.6. The summed E-state index contributed by atoms with van der Waals surface area (Å²) in [5.74, 6) is -0.156. The molecular weight excluding hydrogens is 268 g/mol. The van der Waals surface area contributed by atoms with Crippen LogP contribution < -0.4 is 0 Å². The minimum Gasteiger partial charge on any atom is -0.402 e. The molecule has 4 heteroatoms. The summed E-state index contributed by atoms with van der Waals surface area (Å²) in [5.41, 5.74) is -2.36. The Balaban J connectivity index is 3.28. The van der Waals surface area contributed by atoms with E-state index in [1.807, 2.05) is 13.0 Å². The van der Waals surface area contributed by atoms with Crippen molar-refractivity contribution in [2.45, 2.75) is 77.3 Å². The highest BCUT2D eigenvalue weighted by molar-refractivity contribution is 6.74. The third-order valence-electron chi connectivity index (χ3n) is 5.42. The molecule has 0 aromatic carbocycles. The second-order valence-corrected chi connectivity index (χ2v) is 12.7. The second-order valence-electron chi connectivity index (χ2n) is 7.95. The van der Waals surface area contributed by atoms with Gasteiger partial charge in [0.05, 0.1) is 5.60 Å². The maximum atomic E-state index is 12.6. The molecule has 0 aliphatic heterocycles. The van der Waals surface area contributed by atoms with Gasteiger partial charge in [0.15, 0.2) is 14.1 Å². The Kier molecular flexibility index (Phi) is 4.46. The Morgan fingerprint density at radius 2 is 1.85 bits per heavy atom. The van der Waals surface area contributed by atoms with E-state index in [0.717, 1.165) is 0 Å². The number of hydrogen-bond acceptors (Lipinski definition) is 3. The number of allylic oxidation sites excluding steroid dienone is 1. The molecule has 0 radical (unpaired) electrons. The Morgan fingerprint density at radius 3 is 2.30 bits per heavy atom. The molecule has 0 saturated heterocycles. The first-order chi connectivity index (χ1) is 8.76. The SMILES string of the molecule is C[C@@H]1CC=CC(=O)[C@@](C)(O[Si](C)(C)C(C)(C)C)[C@]1(C)O. The lowest BCUT2D eigenvalue weighted by molar-refractivity contribution is -0.166. The van der Waals surface area contributed by atoms with E-state index in [1.165, 1.54) is 0 Å². The summed E-state index contributed by atoms with van der Waals surface area (Å²) in [6.45, 7) is 16.1. The van der Waals surface area contributed by atoms with Crippen LogP contribution in [0.5, 0.6) is 0 Å². The molecule has 0 aromatic heterocycles. The topological polar surface area (TPSA) is 46.5 Å². The summed E-state index contributed by atoms with van der Waals surface area (Å²) < 4.78 is 6.40. The quantitative estimate of drug-likeness (QED) is 0.791. The van der Waals surface area contributed by atoms with Gasteiger partial charge in [0.25, 0.3) is 0 Å². The van der Waals surface area contributed by atoms with Gasteiger partial charge >= 0.3 is 0 Å². The molecule has 1 aliphatic rings. The third kappa shape index (κ3) is 2.78. The molecule has 0 heterocycles. The van der Waals surface area contributed by atoms with E-state index in [2.05, 4.69) is 33.9 Å². The van der Waals surface area contributed by atoms with Gasteiger partial charge in [0.2, 0.25) is 0 Å². The molecule has 1 N–H and O–H groups in total. The van der Waals surface area contributed by atoms with Crippen molar-refractivity contribution in [3.05, 3.63) is 12.2 Å². The average molecular weight is 298 g/mol. The van der Waals surface area contributed by atoms with Gasteiger partial charge in [-0.15, -0.1) is 0 Å². The van der Waals surface area contributed by atoms with Crippen LogP contribution in [-0.2, 0) is 9.22 Å². The number of carbonyl (C=O) groups is 1. The first kappa shape index (κ1) is 17.6. The van der Waals surface area contributed by atoms with Gasteiger partial charge in [0.1, 0.15) is 5.60 Å². The van der Waals surface area contributed by atoms with E-state index >= 15 is 0 Å². The van der Waals surface area contributed by atoms with E-state index in [0.29, 0.717) is 6.42 Å². The van der Waals surface area contributed by atoms with Crippen molar-refractivity contribution < 1.29 is 14.3 Å². The molecular formula is C16H30O3Si. The van der Waals surface area contributed by atoms with Gasteiger partial charge in [0, 0.05) is 0 Å². The molecule has 0 bridgehead atoms. The number of carbonyl (C=O) groups excluding carboxylic acids is 1. The van der Waals surface area contributed by atoms with E-state index in [1.54, 1.807) is 19.9 Å². The van der Waals surface area contributed by atoms with Crippen molar-refractivity contribution in [3.63, 3.8) is 0 Å². The van der Waals surface area contributed by atoms with Gasteiger partial charge in [-0.05, 0) is 50.4 Å². The lowest BCUT2D eigenvalue weighted by Crippen LogP contribution is -2.64. The highest BCUT2D eigenvalue weighted by atomic mass is 28.4. The van der Waals surface area contributed by atoms with Crippen molar-refractivity contribution >= 4 is 14.1 Å². The van der Waals surface area contributed by atoms with Crippen LogP contribution in [0, 0.1) is 5.92 Å². The fourth-order valence-corrected chi connectivity index (χ4v) is 3.94. The van der Waals surface area contributed by atoms with Gasteiger partial charge < -0.3 is 9.53 Å². The van der Waals surface area contributed by atoms with Gasteiger partial charge in [-0.25, -0.2) is 0 Å². The molecule has 0 fully saturated rings. The molecule has 0 unspecified atom stereocenters. The molecule has 1 rings (SSSR count). The summed E-state index contributed by atoms with van der Waals surface area (Å²) in [7, 11) is -2.16. The molecule has 20 heavy (non-hydrogen) atoms. The van der Waals surface area contributed by atoms with Gasteiger partial charge in [-0.1, -0.05) is 33.8 Å². The zero-order valence-electron chi connectivity index (χ0n) is 14.2. The number of ketones is 1. The van der Waals surface area contributed by atoms with Crippen molar-refractivity contribution in [2.24, 2.45) is 5.92 Å². The summed E-state index contributed by atoms with van der Waals surface area (Å²) >= 11 is 0. The summed E-state index contributed by atoms with van der Waals surface area (Å²) in [4.78, 5) is 12.6. The normalized spacial score (nSPS) is 36.0. The van der Waals surface area contributed by atoms with Crippen LogP contribution >= 0.6 is 0 Å². The standard InChI is InChI=1S/C16H30O3Si/c1-12-10-9-11-13(17)16(6,15(12,5)18)19-20(7,8)14(2,3)4/h9,11-12,18H,10H2,1-8H3/t12-,15-,16-/m1/s1. The molecule has 3 nitrogen and oxygen atoms in total. The highest BCUT2D eigenvalue weighted by Gasteiger charge is 2.56. The Bertz CT molecular complexity index is 418. The van der Waals surface area contributed by atoms with Crippen LogP contribution in [0.1, 0.15) is 48.0 Å². The summed E-state index contributed by atoms with van der Waals surface area (Å²) in [6, 6.07) is 0. The average Bonchev–Trinajstić information content (AvgIpc) is 2.30. The van der Waals surface area contributed by atoms with Gasteiger partial charge in [-0.3, -0.25) is 4.79 Å². The summed E-state index contributed by atoms with van der Waals surface area (Å²) in [5, 5.41) is 11.0. The van der Waals surface area contributed by atoms with Crippen molar-refractivity contribution in [1.29, 1.82) is 0 Å². The van der Waals surface area contributed by atoms with Crippen LogP contribution in [0.25, 0.3) is 0 Å². The zero-order valence-corrected chi connectivity index (χ0v) is 15.2. The van der Waals surface area contributed by atoms with Crippen molar-refractivity contribution in [2.75, 3.05) is 0 Å². The molecule has 0 aromatic rings. The van der Waals surface area contributed by atoms with E-state index < -0.39 is 19.5 Å². The van der Waals surface area contributed by atoms with Crippen LogP contribution in [0.4, 0.5) is 0 Å². The van der Waals surface area contributed by atoms with Crippen molar-refractivity contribution in [3.8, 4) is 0 Å². The van der Waals surface area contributed by atoms with E-state index in [9.17, 15) is 9.90 Å². The first-order valence-electron chi connectivity index (χ1n) is 7.39. The van der Waals surface area contributed by atoms with Crippen molar-refractivity contribution in [1.82, 2.24) is 0 Å². The lowest BCUT2D eigenvalue weighted by Gasteiger charge is -2.50. The minimum absolute atomic E-state index is 0.00831. The predicted octanol–water partition coefficient (Wildman–Crippen LogP) is 3.68. The van der Waals surface area contributed by atoms with Crippen LogP contribution in [-0.4, -0.2) is 30.4 Å². The number of rotatable bonds is 2. The highest BCUT2D eigenvalue weighted by Crippen LogP contribution is 2.45. The van der Waals surface area contributed by atoms with E-state index in [4.69, 9.17) is 4.43 Å². The van der Waals surface area contributed by atoms with Crippen LogP contribution in [0.3, 0.4) is 0 Å². The molecule has 0 saturated carbocycles.